The topological polar surface area (TPSA) is 78.6 Å². The molecule has 130 valence electrons. The van der Waals surface area contributed by atoms with E-state index in [9.17, 15) is 9.90 Å². The summed E-state index contributed by atoms with van der Waals surface area (Å²) in [6.45, 7) is 2.20. The molecule has 0 aliphatic carbocycles. The van der Waals surface area contributed by atoms with Crippen LogP contribution < -0.4 is 5.32 Å². The number of aromatic nitrogens is 1. The molecule has 2 N–H and O–H groups in total. The van der Waals surface area contributed by atoms with E-state index in [1.54, 1.807) is 18.9 Å². The maximum atomic E-state index is 12.1. The van der Waals surface area contributed by atoms with E-state index in [4.69, 9.17) is 4.42 Å². The number of benzene rings is 2. The van der Waals surface area contributed by atoms with Crippen LogP contribution in [0, 0.1) is 0 Å². The molecule has 1 aromatic heterocycles. The van der Waals surface area contributed by atoms with Gasteiger partial charge >= 0.3 is 6.03 Å². The van der Waals surface area contributed by atoms with Crippen molar-refractivity contribution >= 4 is 22.8 Å². The monoisotopic (exact) mass is 339 g/mol. The predicted molar refractivity (Wildman–Crippen MR) is 97.4 cm³/mol. The zero-order valence-corrected chi connectivity index (χ0v) is 14.3. The van der Waals surface area contributed by atoms with Gasteiger partial charge in [0.15, 0.2) is 5.58 Å². The minimum absolute atomic E-state index is 0.213. The molecule has 0 saturated heterocycles. The average Bonchev–Trinajstić information content (AvgIpc) is 3.04. The van der Waals surface area contributed by atoms with Gasteiger partial charge in [-0.3, -0.25) is 0 Å². The summed E-state index contributed by atoms with van der Waals surface area (Å²) in [5.41, 5.74) is 3.09. The van der Waals surface area contributed by atoms with Gasteiger partial charge in [-0.25, -0.2) is 9.78 Å². The number of hydrogen-bond acceptors (Lipinski definition) is 4. The third-order valence-corrected chi connectivity index (χ3v) is 3.91. The molecule has 6 nitrogen and oxygen atoms in total. The molecule has 3 aromatic rings. The lowest BCUT2D eigenvalue weighted by molar-refractivity contribution is 0.167. The number of urea groups is 1. The Balaban J connectivity index is 1.66. The summed E-state index contributed by atoms with van der Waals surface area (Å²) in [4.78, 5) is 18.1. The van der Waals surface area contributed by atoms with Crippen LogP contribution in [0.1, 0.15) is 13.3 Å². The first-order valence-corrected chi connectivity index (χ1v) is 8.19. The van der Waals surface area contributed by atoms with Crippen LogP contribution >= 0.6 is 0 Å². The molecule has 2 aromatic carbocycles. The van der Waals surface area contributed by atoms with E-state index in [1.807, 2.05) is 48.5 Å². The van der Waals surface area contributed by atoms with E-state index in [1.165, 1.54) is 0 Å². The highest BCUT2D eigenvalue weighted by Crippen LogP contribution is 2.25. The standard InChI is InChI=1S/C19H21N3O3/c1-13(23)11-12-22(2)19(24)20-15-9-7-14(8-10-15)18-21-16-5-3-4-6-17(16)25-18/h3-10,13,23H,11-12H2,1-2H3,(H,20,24). The van der Waals surface area contributed by atoms with Crippen molar-refractivity contribution in [3.05, 3.63) is 48.5 Å². The van der Waals surface area contributed by atoms with Crippen LogP contribution in [0.25, 0.3) is 22.6 Å². The number of carbonyl (C=O) groups excluding carboxylic acids is 1. The Labute approximate surface area is 146 Å². The number of carbonyl (C=O) groups is 1. The van der Waals surface area contributed by atoms with Crippen molar-refractivity contribution in [1.29, 1.82) is 0 Å². The van der Waals surface area contributed by atoms with Crippen molar-refractivity contribution in [3.8, 4) is 11.5 Å². The summed E-state index contributed by atoms with van der Waals surface area (Å²) >= 11 is 0. The highest BCUT2D eigenvalue weighted by atomic mass is 16.3. The number of rotatable bonds is 5. The number of anilines is 1. The highest BCUT2D eigenvalue weighted by molar-refractivity contribution is 5.89. The maximum absolute atomic E-state index is 12.1. The Morgan fingerprint density at radius 1 is 1.24 bits per heavy atom. The minimum Gasteiger partial charge on any atom is -0.436 e. The van der Waals surface area contributed by atoms with Gasteiger partial charge < -0.3 is 19.7 Å². The van der Waals surface area contributed by atoms with Crippen LogP contribution in [-0.4, -0.2) is 40.7 Å². The first-order valence-electron chi connectivity index (χ1n) is 8.19. The molecule has 2 amide bonds. The SMILES string of the molecule is CC(O)CCN(C)C(=O)Nc1ccc(-c2nc3ccccc3o2)cc1. The number of aliphatic hydroxyl groups excluding tert-OH is 1. The fourth-order valence-electron chi connectivity index (χ4n) is 2.39. The van der Waals surface area contributed by atoms with Crippen molar-refractivity contribution < 1.29 is 14.3 Å². The molecule has 0 radical (unpaired) electrons. The van der Waals surface area contributed by atoms with Crippen LogP contribution in [0.4, 0.5) is 10.5 Å². The number of nitrogens with one attached hydrogen (secondary N) is 1. The van der Waals surface area contributed by atoms with Crippen LogP contribution in [0.5, 0.6) is 0 Å². The first kappa shape index (κ1) is 17.0. The van der Waals surface area contributed by atoms with Crippen LogP contribution in [0.2, 0.25) is 0 Å². The molecule has 1 atom stereocenters. The fourth-order valence-corrected chi connectivity index (χ4v) is 2.39. The summed E-state index contributed by atoms with van der Waals surface area (Å²) in [5.74, 6) is 0.549. The number of oxazole rings is 1. The number of para-hydroxylation sites is 2. The van der Waals surface area contributed by atoms with Gasteiger partial charge in [0.2, 0.25) is 5.89 Å². The second kappa shape index (κ2) is 7.36. The molecule has 1 unspecified atom stereocenters. The molecule has 3 rings (SSSR count). The Hall–Kier alpha value is -2.86. The van der Waals surface area contributed by atoms with Crippen molar-refractivity contribution in [3.63, 3.8) is 0 Å². The lowest BCUT2D eigenvalue weighted by atomic mass is 10.2. The fraction of sp³-hybridized carbons (Fsp3) is 0.263. The number of hydrogen-bond donors (Lipinski definition) is 2. The normalized spacial score (nSPS) is 12.1. The molecule has 0 bridgehead atoms. The molecular weight excluding hydrogens is 318 g/mol. The Morgan fingerprint density at radius 3 is 2.64 bits per heavy atom. The maximum Gasteiger partial charge on any atom is 0.321 e. The summed E-state index contributed by atoms with van der Waals surface area (Å²) in [5, 5.41) is 12.1. The highest BCUT2D eigenvalue weighted by Gasteiger charge is 2.11. The second-order valence-corrected chi connectivity index (χ2v) is 6.05. The van der Waals surface area contributed by atoms with E-state index in [-0.39, 0.29) is 6.03 Å². The van der Waals surface area contributed by atoms with E-state index in [0.29, 0.717) is 24.5 Å². The zero-order chi connectivity index (χ0) is 17.8. The van der Waals surface area contributed by atoms with Crippen LogP contribution in [0.3, 0.4) is 0 Å². The molecule has 0 aliphatic rings. The van der Waals surface area contributed by atoms with Gasteiger partial charge in [0.05, 0.1) is 6.10 Å². The Morgan fingerprint density at radius 2 is 1.96 bits per heavy atom. The minimum atomic E-state index is -0.425. The van der Waals surface area contributed by atoms with E-state index in [0.717, 1.165) is 16.7 Å². The molecule has 0 aliphatic heterocycles. The largest absolute Gasteiger partial charge is 0.436 e. The summed E-state index contributed by atoms with van der Waals surface area (Å²) in [6, 6.07) is 14.7. The first-order chi connectivity index (χ1) is 12.0. The van der Waals surface area contributed by atoms with Crippen molar-refractivity contribution in [2.45, 2.75) is 19.4 Å². The lowest BCUT2D eigenvalue weighted by Gasteiger charge is -2.18. The van der Waals surface area contributed by atoms with Gasteiger partial charge in [-0.05, 0) is 49.7 Å². The Bertz CT molecular complexity index is 823. The second-order valence-electron chi connectivity index (χ2n) is 6.05. The van der Waals surface area contributed by atoms with Crippen molar-refractivity contribution in [2.75, 3.05) is 18.9 Å². The van der Waals surface area contributed by atoms with Gasteiger partial charge in [-0.1, -0.05) is 12.1 Å². The smallest absolute Gasteiger partial charge is 0.321 e. The third kappa shape index (κ3) is 4.16. The van der Waals surface area contributed by atoms with Crippen molar-refractivity contribution in [1.82, 2.24) is 9.88 Å². The molecule has 0 fully saturated rings. The van der Waals surface area contributed by atoms with Crippen LogP contribution in [0.15, 0.2) is 52.9 Å². The predicted octanol–water partition coefficient (Wildman–Crippen LogP) is 3.73. The molecule has 25 heavy (non-hydrogen) atoms. The molecular formula is C19H21N3O3. The van der Waals surface area contributed by atoms with Crippen molar-refractivity contribution in [2.24, 2.45) is 0 Å². The van der Waals surface area contributed by atoms with Gasteiger partial charge in [-0.15, -0.1) is 0 Å². The molecule has 1 heterocycles. The number of amides is 2. The number of nitrogens with zero attached hydrogens (tertiary/aromatic N) is 2. The molecule has 0 saturated carbocycles. The summed E-state index contributed by atoms with van der Waals surface area (Å²) in [6.07, 6.45) is 0.117. The molecule has 0 spiro atoms. The van der Waals surface area contributed by atoms with Gasteiger partial charge in [0.25, 0.3) is 0 Å². The number of fused-ring (bicyclic) bond motifs is 1. The van der Waals surface area contributed by atoms with Crippen LogP contribution in [-0.2, 0) is 0 Å². The number of aliphatic hydroxyl groups is 1. The summed E-state index contributed by atoms with van der Waals surface area (Å²) in [7, 11) is 1.70. The van der Waals surface area contributed by atoms with E-state index in [2.05, 4.69) is 10.3 Å². The third-order valence-electron chi connectivity index (χ3n) is 3.91. The summed E-state index contributed by atoms with van der Waals surface area (Å²) < 4.78 is 5.74. The van der Waals surface area contributed by atoms with E-state index >= 15 is 0 Å². The lowest BCUT2D eigenvalue weighted by Crippen LogP contribution is -2.33. The van der Waals surface area contributed by atoms with Gasteiger partial charge in [-0.2, -0.15) is 0 Å². The molecule has 6 heteroatoms. The average molecular weight is 339 g/mol. The van der Waals surface area contributed by atoms with E-state index < -0.39 is 6.10 Å². The van der Waals surface area contributed by atoms with Gasteiger partial charge in [0.1, 0.15) is 5.52 Å². The Kier molecular flexibility index (Phi) is 5.00. The zero-order valence-electron chi connectivity index (χ0n) is 14.3. The quantitative estimate of drug-likeness (QED) is 0.742. The van der Waals surface area contributed by atoms with Gasteiger partial charge in [0, 0.05) is 24.8 Å².